The number of nitrogens with zero attached hydrogens (tertiary/aromatic N) is 1. The molecule has 3 rings (SSSR count). The standard InChI is InChI=1S/C21H20N4O3S/c1-14(24-25-20(27)12-16-11-19(26)23-21(29)22-16)17-9-5-6-10-18(17)28-13-15-7-3-2-4-8-15/h2-11H,12-13H2,1H3,(H,25,27)(H2,22,23,26,29)/b24-14-. The van der Waals surface area contributed by atoms with Crippen LogP contribution in [0.15, 0.2) is 70.6 Å². The molecule has 0 atom stereocenters. The van der Waals surface area contributed by atoms with Gasteiger partial charge in [0.1, 0.15) is 12.4 Å². The number of ether oxygens (including phenoxy) is 1. The summed E-state index contributed by atoms with van der Waals surface area (Å²) in [5, 5.41) is 4.16. The van der Waals surface area contributed by atoms with Gasteiger partial charge in [-0.2, -0.15) is 5.10 Å². The summed E-state index contributed by atoms with van der Waals surface area (Å²) in [4.78, 5) is 28.8. The zero-order valence-electron chi connectivity index (χ0n) is 15.8. The summed E-state index contributed by atoms with van der Waals surface area (Å²) in [7, 11) is 0. The van der Waals surface area contributed by atoms with E-state index in [2.05, 4.69) is 20.5 Å². The molecular formula is C21H20N4O3S. The third-order valence-electron chi connectivity index (χ3n) is 4.03. The van der Waals surface area contributed by atoms with Gasteiger partial charge in [-0.25, -0.2) is 5.43 Å². The first-order valence-corrected chi connectivity index (χ1v) is 9.34. The number of benzene rings is 2. The van der Waals surface area contributed by atoms with Crippen LogP contribution >= 0.6 is 12.2 Å². The lowest BCUT2D eigenvalue weighted by atomic mass is 10.1. The van der Waals surface area contributed by atoms with Crippen molar-refractivity contribution < 1.29 is 9.53 Å². The van der Waals surface area contributed by atoms with E-state index in [9.17, 15) is 9.59 Å². The summed E-state index contributed by atoms with van der Waals surface area (Å²) in [6.07, 6.45) is -0.0451. The second kappa shape index (κ2) is 9.61. The second-order valence-electron chi connectivity index (χ2n) is 6.29. The molecule has 0 radical (unpaired) electrons. The van der Waals surface area contributed by atoms with E-state index >= 15 is 0 Å². The molecule has 7 nitrogen and oxygen atoms in total. The van der Waals surface area contributed by atoms with Crippen LogP contribution in [0.25, 0.3) is 0 Å². The van der Waals surface area contributed by atoms with Crippen molar-refractivity contribution in [2.24, 2.45) is 5.10 Å². The lowest BCUT2D eigenvalue weighted by Gasteiger charge is -2.11. The van der Waals surface area contributed by atoms with Gasteiger partial charge in [-0.1, -0.05) is 42.5 Å². The van der Waals surface area contributed by atoms with Crippen LogP contribution in [-0.2, 0) is 17.8 Å². The number of aromatic nitrogens is 2. The van der Waals surface area contributed by atoms with Gasteiger partial charge < -0.3 is 9.72 Å². The first-order chi connectivity index (χ1) is 14.0. The molecule has 0 aliphatic carbocycles. The number of hydrogen-bond donors (Lipinski definition) is 3. The highest BCUT2D eigenvalue weighted by atomic mass is 32.1. The molecule has 0 bridgehead atoms. The van der Waals surface area contributed by atoms with Crippen molar-refractivity contribution >= 4 is 23.8 Å². The second-order valence-corrected chi connectivity index (χ2v) is 6.70. The third-order valence-corrected chi connectivity index (χ3v) is 4.23. The highest BCUT2D eigenvalue weighted by Gasteiger charge is 2.09. The van der Waals surface area contributed by atoms with E-state index in [0.717, 1.165) is 11.1 Å². The van der Waals surface area contributed by atoms with Crippen LogP contribution < -0.4 is 15.7 Å². The Balaban J connectivity index is 1.67. The summed E-state index contributed by atoms with van der Waals surface area (Å²) in [5.74, 6) is 0.300. The van der Waals surface area contributed by atoms with Gasteiger partial charge in [0.15, 0.2) is 4.77 Å². The molecule has 0 saturated carbocycles. The number of H-pyrrole nitrogens is 2. The van der Waals surface area contributed by atoms with Gasteiger partial charge in [-0.15, -0.1) is 0 Å². The third kappa shape index (κ3) is 5.98. The fourth-order valence-corrected chi connectivity index (χ4v) is 2.89. The Morgan fingerprint density at radius 2 is 1.83 bits per heavy atom. The molecule has 2 aromatic carbocycles. The maximum atomic E-state index is 12.2. The molecule has 0 spiro atoms. The van der Waals surface area contributed by atoms with Gasteiger partial charge in [0, 0.05) is 17.3 Å². The number of hydrogen-bond acceptors (Lipinski definition) is 5. The molecule has 1 aromatic heterocycles. The Morgan fingerprint density at radius 1 is 1.10 bits per heavy atom. The number of hydrazone groups is 1. The molecule has 29 heavy (non-hydrogen) atoms. The summed E-state index contributed by atoms with van der Waals surface area (Å²) < 4.78 is 6.10. The number of para-hydroxylation sites is 1. The number of rotatable bonds is 7. The van der Waals surface area contributed by atoms with E-state index in [1.807, 2.05) is 54.6 Å². The summed E-state index contributed by atoms with van der Waals surface area (Å²) >= 11 is 4.90. The van der Waals surface area contributed by atoms with Crippen molar-refractivity contribution in [3.05, 3.63) is 92.6 Å². The Hall–Kier alpha value is -3.52. The van der Waals surface area contributed by atoms with Crippen LogP contribution in [0.2, 0.25) is 0 Å². The molecule has 8 heteroatoms. The molecular weight excluding hydrogens is 388 g/mol. The van der Waals surface area contributed by atoms with E-state index < -0.39 is 0 Å². The molecule has 0 saturated heterocycles. The lowest BCUT2D eigenvalue weighted by Crippen LogP contribution is -2.23. The van der Waals surface area contributed by atoms with Gasteiger partial charge >= 0.3 is 0 Å². The van der Waals surface area contributed by atoms with Gasteiger partial charge in [-0.3, -0.25) is 14.6 Å². The van der Waals surface area contributed by atoms with Crippen LogP contribution in [0.3, 0.4) is 0 Å². The quantitative estimate of drug-likeness (QED) is 0.318. The number of nitrogens with one attached hydrogen (secondary N) is 3. The van der Waals surface area contributed by atoms with Crippen LogP contribution in [0.4, 0.5) is 0 Å². The number of amides is 1. The zero-order valence-corrected chi connectivity index (χ0v) is 16.6. The maximum absolute atomic E-state index is 12.2. The van der Waals surface area contributed by atoms with Crippen molar-refractivity contribution in [1.29, 1.82) is 0 Å². The van der Waals surface area contributed by atoms with Crippen molar-refractivity contribution in [2.75, 3.05) is 0 Å². The van der Waals surface area contributed by atoms with Crippen LogP contribution in [-0.4, -0.2) is 21.6 Å². The first-order valence-electron chi connectivity index (χ1n) is 8.93. The average Bonchev–Trinajstić information content (AvgIpc) is 2.71. The normalized spacial score (nSPS) is 11.1. The summed E-state index contributed by atoms with van der Waals surface area (Å²) in [6, 6.07) is 18.6. The van der Waals surface area contributed by atoms with Crippen LogP contribution in [0, 0.1) is 4.77 Å². The average molecular weight is 408 g/mol. The van der Waals surface area contributed by atoms with Crippen molar-refractivity contribution in [2.45, 2.75) is 20.0 Å². The summed E-state index contributed by atoms with van der Waals surface area (Å²) in [6.45, 7) is 2.21. The molecule has 1 amide bonds. The predicted molar refractivity (Wildman–Crippen MR) is 114 cm³/mol. The molecule has 1 heterocycles. The van der Waals surface area contributed by atoms with E-state index in [-0.39, 0.29) is 22.7 Å². The molecule has 0 aliphatic heterocycles. The fraction of sp³-hybridized carbons (Fsp3) is 0.143. The van der Waals surface area contributed by atoms with Crippen LogP contribution in [0.1, 0.15) is 23.7 Å². The summed E-state index contributed by atoms with van der Waals surface area (Å²) in [5.41, 5.74) is 4.98. The number of carbonyl (C=O) groups is 1. The van der Waals surface area contributed by atoms with Gasteiger partial charge in [0.2, 0.25) is 5.91 Å². The van der Waals surface area contributed by atoms with Gasteiger partial charge in [0.25, 0.3) is 5.56 Å². The number of aromatic amines is 2. The minimum Gasteiger partial charge on any atom is -0.488 e. The van der Waals surface area contributed by atoms with Gasteiger partial charge in [-0.05, 0) is 36.8 Å². The molecule has 0 aliphatic rings. The van der Waals surface area contributed by atoms with Crippen molar-refractivity contribution in [3.63, 3.8) is 0 Å². The van der Waals surface area contributed by atoms with Crippen LogP contribution in [0.5, 0.6) is 5.75 Å². The molecule has 3 aromatic rings. The smallest absolute Gasteiger partial charge is 0.251 e. The molecule has 0 unspecified atom stereocenters. The lowest BCUT2D eigenvalue weighted by molar-refractivity contribution is -0.120. The van der Waals surface area contributed by atoms with E-state index in [4.69, 9.17) is 17.0 Å². The Labute approximate surface area is 172 Å². The Bertz CT molecular complexity index is 1110. The number of carbonyl (C=O) groups excluding carboxylic acids is 1. The largest absolute Gasteiger partial charge is 0.488 e. The monoisotopic (exact) mass is 408 g/mol. The van der Waals surface area contributed by atoms with Crippen molar-refractivity contribution in [1.82, 2.24) is 15.4 Å². The molecule has 0 fully saturated rings. The fourth-order valence-electron chi connectivity index (χ4n) is 2.66. The highest BCUT2D eigenvalue weighted by molar-refractivity contribution is 7.71. The molecule has 148 valence electrons. The highest BCUT2D eigenvalue weighted by Crippen LogP contribution is 2.20. The minimum atomic E-state index is -0.372. The van der Waals surface area contributed by atoms with E-state index in [1.54, 1.807) is 6.92 Å². The van der Waals surface area contributed by atoms with E-state index in [1.165, 1.54) is 6.07 Å². The van der Waals surface area contributed by atoms with Gasteiger partial charge in [0.05, 0.1) is 12.1 Å². The van der Waals surface area contributed by atoms with Crippen molar-refractivity contribution in [3.8, 4) is 5.75 Å². The maximum Gasteiger partial charge on any atom is 0.251 e. The Kier molecular flexibility index (Phi) is 6.70. The topological polar surface area (TPSA) is 99.3 Å². The van der Waals surface area contributed by atoms with E-state index in [0.29, 0.717) is 23.8 Å². The zero-order chi connectivity index (χ0) is 20.6. The minimum absolute atomic E-state index is 0.0451. The Morgan fingerprint density at radius 3 is 2.59 bits per heavy atom. The predicted octanol–water partition coefficient (Wildman–Crippen LogP) is 3.09. The SMILES string of the molecule is C/C(=N/NC(=O)Cc1cc(=O)[nH]c(=S)[nH]1)c1ccccc1OCc1ccccc1. The molecule has 3 N–H and O–H groups in total. The first kappa shape index (κ1) is 20.2.